The quantitative estimate of drug-likeness (QED) is 0.907. The lowest BCUT2D eigenvalue weighted by molar-refractivity contribution is 0.0810. The summed E-state index contributed by atoms with van der Waals surface area (Å²) in [6, 6.07) is 4.23. The van der Waals surface area contributed by atoms with E-state index in [1.54, 1.807) is 7.11 Å². The highest BCUT2D eigenvalue weighted by atomic mass is 16.5. The molecule has 3 nitrogen and oxygen atoms in total. The van der Waals surface area contributed by atoms with Gasteiger partial charge in [0.1, 0.15) is 5.75 Å². The molecule has 0 radical (unpaired) electrons. The molecule has 0 aliphatic carbocycles. The lowest BCUT2D eigenvalue weighted by Crippen LogP contribution is -2.29. The Balaban J connectivity index is 2.35. The number of aryl methyl sites for hydroxylation is 2. The normalized spacial score (nSPS) is 24.5. The van der Waals surface area contributed by atoms with Crippen LogP contribution in [0.2, 0.25) is 0 Å². The molecule has 3 heteroatoms. The minimum Gasteiger partial charge on any atom is -0.496 e. The van der Waals surface area contributed by atoms with E-state index < -0.39 is 0 Å². The van der Waals surface area contributed by atoms with Crippen LogP contribution in [0.15, 0.2) is 12.1 Å². The van der Waals surface area contributed by atoms with Crippen LogP contribution in [0.1, 0.15) is 42.5 Å². The zero-order valence-electron chi connectivity index (χ0n) is 12.4. The second kappa shape index (κ2) is 5.93. The van der Waals surface area contributed by atoms with E-state index in [0.29, 0.717) is 5.92 Å². The molecule has 2 rings (SSSR count). The summed E-state index contributed by atoms with van der Waals surface area (Å²) in [4.78, 5) is 0. The van der Waals surface area contributed by atoms with E-state index >= 15 is 0 Å². The molecule has 1 saturated heterocycles. The molecule has 3 unspecified atom stereocenters. The maximum atomic E-state index is 6.53. The van der Waals surface area contributed by atoms with E-state index in [4.69, 9.17) is 15.2 Å². The summed E-state index contributed by atoms with van der Waals surface area (Å²) in [5.74, 6) is 1.30. The van der Waals surface area contributed by atoms with Gasteiger partial charge in [-0.05, 0) is 43.9 Å². The van der Waals surface area contributed by atoms with Crippen LogP contribution in [-0.2, 0) is 4.74 Å². The Hall–Kier alpha value is -1.06. The maximum absolute atomic E-state index is 6.53. The number of nitrogens with two attached hydrogens (primary N) is 1. The van der Waals surface area contributed by atoms with E-state index in [9.17, 15) is 0 Å². The summed E-state index contributed by atoms with van der Waals surface area (Å²) >= 11 is 0. The average Bonchev–Trinajstić information content (AvgIpc) is 2.85. The third-order valence-electron chi connectivity index (χ3n) is 4.17. The summed E-state index contributed by atoms with van der Waals surface area (Å²) in [7, 11) is 1.72. The Labute approximate surface area is 116 Å². The van der Waals surface area contributed by atoms with Crippen LogP contribution in [0.25, 0.3) is 0 Å². The molecule has 1 aromatic carbocycles. The highest BCUT2D eigenvalue weighted by Gasteiger charge is 2.34. The summed E-state index contributed by atoms with van der Waals surface area (Å²) < 4.78 is 11.3. The Morgan fingerprint density at radius 1 is 1.42 bits per heavy atom. The molecule has 1 aliphatic heterocycles. The van der Waals surface area contributed by atoms with Crippen LogP contribution >= 0.6 is 0 Å². The number of ether oxygens (including phenoxy) is 2. The van der Waals surface area contributed by atoms with Crippen LogP contribution in [-0.4, -0.2) is 19.8 Å². The van der Waals surface area contributed by atoms with Crippen molar-refractivity contribution in [2.75, 3.05) is 13.7 Å². The molecule has 0 amide bonds. The van der Waals surface area contributed by atoms with Crippen molar-refractivity contribution in [2.24, 2.45) is 11.7 Å². The second-order valence-electron chi connectivity index (χ2n) is 5.49. The van der Waals surface area contributed by atoms with E-state index in [-0.39, 0.29) is 12.1 Å². The van der Waals surface area contributed by atoms with Crippen LogP contribution in [0.4, 0.5) is 0 Å². The van der Waals surface area contributed by atoms with Gasteiger partial charge in [0.2, 0.25) is 0 Å². The fraction of sp³-hybridized carbons (Fsp3) is 0.625. The minimum absolute atomic E-state index is 0.0111. The predicted octanol–water partition coefficient (Wildman–Crippen LogP) is 3.13. The predicted molar refractivity (Wildman–Crippen MR) is 77.5 cm³/mol. The van der Waals surface area contributed by atoms with Crippen LogP contribution < -0.4 is 10.5 Å². The molecule has 0 aromatic heterocycles. The highest BCUT2D eigenvalue weighted by Crippen LogP contribution is 2.38. The minimum atomic E-state index is -0.0111. The highest BCUT2D eigenvalue weighted by molar-refractivity contribution is 5.45. The van der Waals surface area contributed by atoms with Gasteiger partial charge in [-0.1, -0.05) is 13.0 Å². The lowest BCUT2D eigenvalue weighted by Gasteiger charge is -2.27. The fourth-order valence-electron chi connectivity index (χ4n) is 3.25. The molecular formula is C16H25NO2. The Bertz CT molecular complexity index is 445. The molecule has 106 valence electrons. The summed E-state index contributed by atoms with van der Waals surface area (Å²) in [5.41, 5.74) is 10.1. The Kier molecular flexibility index (Phi) is 4.48. The Morgan fingerprint density at radius 2 is 2.16 bits per heavy atom. The molecule has 19 heavy (non-hydrogen) atoms. The molecule has 0 spiro atoms. The van der Waals surface area contributed by atoms with Gasteiger partial charge in [-0.25, -0.2) is 0 Å². The first-order chi connectivity index (χ1) is 9.08. The molecule has 1 fully saturated rings. The third-order valence-corrected chi connectivity index (χ3v) is 4.17. The van der Waals surface area contributed by atoms with Crippen molar-refractivity contribution >= 4 is 0 Å². The largest absolute Gasteiger partial charge is 0.496 e. The van der Waals surface area contributed by atoms with Crippen molar-refractivity contribution in [3.05, 3.63) is 28.8 Å². The van der Waals surface area contributed by atoms with E-state index in [0.717, 1.165) is 30.8 Å². The fourth-order valence-corrected chi connectivity index (χ4v) is 3.25. The number of hydrogen-bond acceptors (Lipinski definition) is 3. The molecule has 3 atom stereocenters. The first-order valence-corrected chi connectivity index (χ1v) is 7.10. The number of hydrogen-bond donors (Lipinski definition) is 1. The first-order valence-electron chi connectivity index (χ1n) is 7.10. The number of benzene rings is 1. The van der Waals surface area contributed by atoms with Crippen LogP contribution in [0, 0.1) is 19.8 Å². The lowest BCUT2D eigenvalue weighted by atomic mass is 9.84. The topological polar surface area (TPSA) is 44.5 Å². The zero-order valence-corrected chi connectivity index (χ0v) is 12.4. The molecule has 0 saturated carbocycles. The van der Waals surface area contributed by atoms with Crippen molar-refractivity contribution in [1.29, 1.82) is 0 Å². The van der Waals surface area contributed by atoms with Gasteiger partial charge in [-0.2, -0.15) is 0 Å². The van der Waals surface area contributed by atoms with Gasteiger partial charge in [0, 0.05) is 24.1 Å². The van der Waals surface area contributed by atoms with Crippen LogP contribution in [0.3, 0.4) is 0 Å². The van der Waals surface area contributed by atoms with Gasteiger partial charge < -0.3 is 15.2 Å². The molecular weight excluding hydrogens is 238 g/mol. The summed E-state index contributed by atoms with van der Waals surface area (Å²) in [6.45, 7) is 7.18. The van der Waals surface area contributed by atoms with Gasteiger partial charge in [-0.15, -0.1) is 0 Å². The van der Waals surface area contributed by atoms with Crippen molar-refractivity contribution in [1.82, 2.24) is 0 Å². The molecule has 1 aliphatic rings. The summed E-state index contributed by atoms with van der Waals surface area (Å²) in [6.07, 6.45) is 2.34. The molecule has 0 bridgehead atoms. The molecule has 2 N–H and O–H groups in total. The van der Waals surface area contributed by atoms with Crippen molar-refractivity contribution in [2.45, 2.75) is 45.8 Å². The van der Waals surface area contributed by atoms with Gasteiger partial charge in [0.15, 0.2) is 0 Å². The molecule has 1 heterocycles. The van der Waals surface area contributed by atoms with Crippen molar-refractivity contribution in [3.63, 3.8) is 0 Å². The van der Waals surface area contributed by atoms with Crippen molar-refractivity contribution in [3.8, 4) is 5.75 Å². The molecule has 1 aromatic rings. The monoisotopic (exact) mass is 263 g/mol. The van der Waals surface area contributed by atoms with E-state index in [2.05, 4.69) is 32.9 Å². The number of methoxy groups -OCH3 is 1. The van der Waals surface area contributed by atoms with Crippen molar-refractivity contribution < 1.29 is 9.47 Å². The standard InChI is InChI=1S/C16H25NO2/c1-5-13-12(6-7-19-13)16(17)15-11(3)8-10(2)9-14(15)18-4/h8-9,12-13,16H,5-7,17H2,1-4H3. The SMILES string of the molecule is CCC1OCCC1C(N)c1c(C)cc(C)cc1OC. The average molecular weight is 263 g/mol. The van der Waals surface area contributed by atoms with E-state index in [1.807, 2.05) is 0 Å². The zero-order chi connectivity index (χ0) is 14.0. The maximum Gasteiger partial charge on any atom is 0.124 e. The smallest absolute Gasteiger partial charge is 0.124 e. The van der Waals surface area contributed by atoms with Crippen LogP contribution in [0.5, 0.6) is 5.75 Å². The summed E-state index contributed by atoms with van der Waals surface area (Å²) in [5, 5.41) is 0. The van der Waals surface area contributed by atoms with Gasteiger partial charge in [0.05, 0.1) is 13.2 Å². The van der Waals surface area contributed by atoms with E-state index in [1.165, 1.54) is 11.1 Å². The number of rotatable bonds is 4. The third kappa shape index (κ3) is 2.77. The van der Waals surface area contributed by atoms with Gasteiger partial charge >= 0.3 is 0 Å². The first kappa shape index (κ1) is 14.4. The van der Waals surface area contributed by atoms with Gasteiger partial charge in [0.25, 0.3) is 0 Å². The Morgan fingerprint density at radius 3 is 2.79 bits per heavy atom. The second-order valence-corrected chi connectivity index (χ2v) is 5.49. The van der Waals surface area contributed by atoms with Gasteiger partial charge in [-0.3, -0.25) is 0 Å².